The van der Waals surface area contributed by atoms with Crippen LogP contribution in [0.2, 0.25) is 5.02 Å². The van der Waals surface area contributed by atoms with Crippen molar-refractivity contribution >= 4 is 17.5 Å². The van der Waals surface area contributed by atoms with Crippen molar-refractivity contribution in [3.05, 3.63) is 64.8 Å². The number of phenols is 1. The number of halogens is 1. The van der Waals surface area contributed by atoms with Crippen molar-refractivity contribution in [1.29, 1.82) is 0 Å². The molecule has 1 unspecified atom stereocenters. The lowest BCUT2D eigenvalue weighted by Crippen LogP contribution is -2.29. The Labute approximate surface area is 190 Å². The minimum absolute atomic E-state index is 0.00182. The van der Waals surface area contributed by atoms with Crippen molar-refractivity contribution in [2.75, 3.05) is 27.9 Å². The number of nitrogens with zero attached hydrogens (tertiary/aromatic N) is 2. The van der Waals surface area contributed by atoms with Crippen LogP contribution in [0.4, 0.5) is 0 Å². The molecule has 1 aliphatic rings. The van der Waals surface area contributed by atoms with Crippen LogP contribution in [0.25, 0.3) is 11.3 Å². The van der Waals surface area contributed by atoms with Gasteiger partial charge in [-0.25, -0.2) is 0 Å². The van der Waals surface area contributed by atoms with Crippen LogP contribution in [-0.2, 0) is 0 Å². The number of carbonyl (C=O) groups is 1. The first-order chi connectivity index (χ1) is 15.4. The summed E-state index contributed by atoms with van der Waals surface area (Å²) in [5.74, 6) is 1.12. The van der Waals surface area contributed by atoms with E-state index >= 15 is 0 Å². The number of H-pyrrole nitrogens is 1. The summed E-state index contributed by atoms with van der Waals surface area (Å²) < 4.78 is 16.5. The van der Waals surface area contributed by atoms with Crippen LogP contribution in [0.3, 0.4) is 0 Å². The molecule has 0 radical (unpaired) electrons. The molecule has 0 aliphatic carbocycles. The van der Waals surface area contributed by atoms with Gasteiger partial charge in [0, 0.05) is 22.7 Å². The number of benzene rings is 2. The van der Waals surface area contributed by atoms with Crippen molar-refractivity contribution in [2.24, 2.45) is 0 Å². The van der Waals surface area contributed by atoms with Crippen LogP contribution in [0.1, 0.15) is 27.7 Å². The van der Waals surface area contributed by atoms with Gasteiger partial charge in [-0.15, -0.1) is 6.58 Å². The van der Waals surface area contributed by atoms with Gasteiger partial charge in [0.05, 0.1) is 27.4 Å². The van der Waals surface area contributed by atoms with Gasteiger partial charge in [0.15, 0.2) is 11.5 Å². The topological polar surface area (TPSA) is 96.9 Å². The SMILES string of the molecule is C=CCN1C(=O)c2[nH]nc(-c3cc(Cl)ccc3O)c2C1c1cc(OC)c(OC)c(OC)c1. The fourth-order valence-corrected chi connectivity index (χ4v) is 4.21. The molecule has 1 aliphatic heterocycles. The first-order valence-corrected chi connectivity index (χ1v) is 10.1. The number of hydrogen-bond donors (Lipinski definition) is 2. The van der Waals surface area contributed by atoms with E-state index in [0.29, 0.717) is 51.3 Å². The van der Waals surface area contributed by atoms with Crippen LogP contribution in [0, 0.1) is 0 Å². The van der Waals surface area contributed by atoms with Crippen molar-refractivity contribution in [1.82, 2.24) is 15.1 Å². The maximum absolute atomic E-state index is 13.2. The molecule has 2 N–H and O–H groups in total. The van der Waals surface area contributed by atoms with E-state index in [9.17, 15) is 9.90 Å². The lowest BCUT2D eigenvalue weighted by molar-refractivity contribution is 0.0764. The van der Waals surface area contributed by atoms with E-state index in [4.69, 9.17) is 25.8 Å². The highest BCUT2D eigenvalue weighted by molar-refractivity contribution is 6.31. The predicted molar refractivity (Wildman–Crippen MR) is 120 cm³/mol. The Morgan fingerprint density at radius 1 is 1.19 bits per heavy atom. The van der Waals surface area contributed by atoms with E-state index in [1.54, 1.807) is 35.2 Å². The second-order valence-corrected chi connectivity index (χ2v) is 7.57. The zero-order valence-electron chi connectivity index (χ0n) is 17.8. The molecule has 2 aromatic carbocycles. The van der Waals surface area contributed by atoms with E-state index in [2.05, 4.69) is 16.8 Å². The average Bonchev–Trinajstić information content (AvgIpc) is 3.34. The third-order valence-electron chi connectivity index (χ3n) is 5.41. The highest BCUT2D eigenvalue weighted by atomic mass is 35.5. The number of aromatic amines is 1. The molecule has 0 spiro atoms. The van der Waals surface area contributed by atoms with Crippen molar-refractivity contribution in [3.8, 4) is 34.3 Å². The molecule has 0 saturated heterocycles. The van der Waals surface area contributed by atoms with Crippen LogP contribution < -0.4 is 14.2 Å². The smallest absolute Gasteiger partial charge is 0.273 e. The molecule has 8 nitrogen and oxygen atoms in total. The number of nitrogens with one attached hydrogen (secondary N) is 1. The largest absolute Gasteiger partial charge is 0.507 e. The number of aromatic nitrogens is 2. The van der Waals surface area contributed by atoms with Crippen LogP contribution >= 0.6 is 11.6 Å². The number of fused-ring (bicyclic) bond motifs is 1. The number of aromatic hydroxyl groups is 1. The van der Waals surface area contributed by atoms with Gasteiger partial charge in [0.2, 0.25) is 5.75 Å². The molecule has 3 aromatic rings. The van der Waals surface area contributed by atoms with Crippen LogP contribution in [0.15, 0.2) is 43.0 Å². The summed E-state index contributed by atoms with van der Waals surface area (Å²) in [5, 5.41) is 18.1. The summed E-state index contributed by atoms with van der Waals surface area (Å²) in [6, 6.07) is 7.72. The molecule has 0 saturated carbocycles. The van der Waals surface area contributed by atoms with Gasteiger partial charge in [-0.05, 0) is 35.9 Å². The zero-order chi connectivity index (χ0) is 23.0. The van der Waals surface area contributed by atoms with Gasteiger partial charge in [-0.2, -0.15) is 5.10 Å². The molecule has 166 valence electrons. The molecule has 4 rings (SSSR count). The molecule has 0 fully saturated rings. The van der Waals surface area contributed by atoms with Gasteiger partial charge < -0.3 is 24.2 Å². The predicted octanol–water partition coefficient (Wildman–Crippen LogP) is 4.19. The number of rotatable bonds is 7. The Morgan fingerprint density at radius 2 is 1.88 bits per heavy atom. The Hall–Kier alpha value is -3.65. The fraction of sp³-hybridized carbons (Fsp3) is 0.217. The molecule has 0 bridgehead atoms. The van der Waals surface area contributed by atoms with Gasteiger partial charge in [0.1, 0.15) is 17.1 Å². The quantitative estimate of drug-likeness (QED) is 0.518. The normalized spacial score (nSPS) is 14.9. The van der Waals surface area contributed by atoms with E-state index in [1.807, 2.05) is 0 Å². The maximum Gasteiger partial charge on any atom is 0.273 e. The number of carbonyl (C=O) groups excluding carboxylic acids is 1. The van der Waals surface area contributed by atoms with E-state index in [-0.39, 0.29) is 11.7 Å². The molecular weight excluding hydrogens is 434 g/mol. The standard InChI is InChI=1S/C23H22ClN3O5/c1-5-8-27-21(12-9-16(30-2)22(32-4)17(10-12)31-3)18-19(25-26-20(18)23(27)29)14-11-13(24)6-7-15(14)28/h5-7,9-11,21,28H,1,8H2,2-4H3,(H,25,26). The molecule has 9 heteroatoms. The minimum atomic E-state index is -0.545. The van der Waals surface area contributed by atoms with Gasteiger partial charge in [0.25, 0.3) is 5.91 Å². The number of amides is 1. The van der Waals surface area contributed by atoms with E-state index in [1.165, 1.54) is 27.4 Å². The molecule has 2 heterocycles. The Morgan fingerprint density at radius 3 is 2.47 bits per heavy atom. The van der Waals surface area contributed by atoms with Gasteiger partial charge in [-0.1, -0.05) is 17.7 Å². The van der Waals surface area contributed by atoms with Crippen molar-refractivity contribution in [3.63, 3.8) is 0 Å². The fourth-order valence-electron chi connectivity index (χ4n) is 4.03. The summed E-state index contributed by atoms with van der Waals surface area (Å²) in [6.45, 7) is 4.08. The van der Waals surface area contributed by atoms with Gasteiger partial charge in [-0.3, -0.25) is 9.89 Å². The second kappa shape index (κ2) is 8.47. The average molecular weight is 456 g/mol. The summed E-state index contributed by atoms with van der Waals surface area (Å²) in [5.41, 5.74) is 2.51. The Kier molecular flexibility index (Phi) is 5.71. The Balaban J connectivity index is 1.97. The number of hydrogen-bond acceptors (Lipinski definition) is 6. The highest BCUT2D eigenvalue weighted by Crippen LogP contribution is 2.48. The van der Waals surface area contributed by atoms with Crippen LogP contribution in [0.5, 0.6) is 23.0 Å². The zero-order valence-corrected chi connectivity index (χ0v) is 18.6. The first-order valence-electron chi connectivity index (χ1n) is 9.74. The number of phenolic OH excluding ortho intramolecular Hbond substituents is 1. The van der Waals surface area contributed by atoms with Gasteiger partial charge >= 0.3 is 0 Å². The first kappa shape index (κ1) is 21.6. The molecule has 1 atom stereocenters. The van der Waals surface area contributed by atoms with Crippen molar-refractivity contribution in [2.45, 2.75) is 6.04 Å². The number of methoxy groups -OCH3 is 3. The highest BCUT2D eigenvalue weighted by Gasteiger charge is 2.42. The summed E-state index contributed by atoms with van der Waals surface area (Å²) in [6.07, 6.45) is 1.65. The molecular formula is C23H22ClN3O5. The third-order valence-corrected chi connectivity index (χ3v) is 5.64. The third kappa shape index (κ3) is 3.33. The Bertz CT molecular complexity index is 1180. The summed E-state index contributed by atoms with van der Waals surface area (Å²) in [7, 11) is 4.58. The van der Waals surface area contributed by atoms with E-state index < -0.39 is 6.04 Å². The minimum Gasteiger partial charge on any atom is -0.507 e. The molecule has 1 amide bonds. The van der Waals surface area contributed by atoms with E-state index in [0.717, 1.165) is 5.56 Å². The summed E-state index contributed by atoms with van der Waals surface area (Å²) >= 11 is 6.17. The molecule has 32 heavy (non-hydrogen) atoms. The second-order valence-electron chi connectivity index (χ2n) is 7.13. The lowest BCUT2D eigenvalue weighted by Gasteiger charge is -2.26. The maximum atomic E-state index is 13.2. The van der Waals surface area contributed by atoms with Crippen LogP contribution in [-0.4, -0.2) is 54.0 Å². The molecule has 1 aromatic heterocycles. The summed E-state index contributed by atoms with van der Waals surface area (Å²) in [4.78, 5) is 14.9. The van der Waals surface area contributed by atoms with Crippen molar-refractivity contribution < 1.29 is 24.1 Å². The lowest BCUT2D eigenvalue weighted by atomic mass is 9.95. The number of ether oxygens (including phenoxy) is 3. The monoisotopic (exact) mass is 455 g/mol.